The molecule has 0 N–H and O–H groups in total. The van der Waals surface area contributed by atoms with Gasteiger partial charge in [0.25, 0.3) is 5.91 Å². The Morgan fingerprint density at radius 2 is 1.79 bits per heavy atom. The van der Waals surface area contributed by atoms with Gasteiger partial charge in [-0.15, -0.1) is 0 Å². The lowest BCUT2D eigenvalue weighted by Crippen LogP contribution is -2.51. The quantitative estimate of drug-likeness (QED) is 0.443. The van der Waals surface area contributed by atoms with Crippen molar-refractivity contribution in [1.82, 2.24) is 4.90 Å². The van der Waals surface area contributed by atoms with Gasteiger partial charge in [-0.25, -0.2) is 4.79 Å². The van der Waals surface area contributed by atoms with Crippen LogP contribution in [0.5, 0.6) is 0 Å². The van der Waals surface area contributed by atoms with Crippen LogP contribution in [0.2, 0.25) is 0 Å². The van der Waals surface area contributed by atoms with Crippen molar-refractivity contribution in [2.24, 2.45) is 0 Å². The minimum absolute atomic E-state index is 0.124. The van der Waals surface area contributed by atoms with Crippen LogP contribution in [0.4, 0.5) is 5.69 Å². The zero-order valence-corrected chi connectivity index (χ0v) is 17.3. The first-order valence-corrected chi connectivity index (χ1v) is 9.67. The molecule has 1 heterocycles. The van der Waals surface area contributed by atoms with Gasteiger partial charge in [0, 0.05) is 31.9 Å². The predicted molar refractivity (Wildman–Crippen MR) is 110 cm³/mol. The van der Waals surface area contributed by atoms with Gasteiger partial charge in [-0.05, 0) is 63.8 Å². The molecular weight excluding hydrogens is 354 g/mol. The van der Waals surface area contributed by atoms with Crippen molar-refractivity contribution in [3.8, 4) is 6.07 Å². The third kappa shape index (κ3) is 5.13. The van der Waals surface area contributed by atoms with Crippen LogP contribution in [0.1, 0.15) is 45.6 Å². The predicted octanol–water partition coefficient (Wildman–Crippen LogP) is 3.38. The number of carbonyl (C=O) groups is 2. The summed E-state index contributed by atoms with van der Waals surface area (Å²) < 4.78 is 5.32. The van der Waals surface area contributed by atoms with E-state index in [4.69, 9.17) is 4.74 Å². The molecule has 6 heteroatoms. The Morgan fingerprint density at radius 3 is 2.29 bits per heavy atom. The van der Waals surface area contributed by atoms with E-state index in [0.29, 0.717) is 0 Å². The largest absolute Gasteiger partial charge is 0.448 e. The van der Waals surface area contributed by atoms with E-state index >= 15 is 0 Å². The lowest BCUT2D eigenvalue weighted by atomic mass is 9.97. The van der Waals surface area contributed by atoms with Gasteiger partial charge in [0.1, 0.15) is 11.6 Å². The van der Waals surface area contributed by atoms with Crippen molar-refractivity contribution in [3.63, 3.8) is 0 Å². The molecule has 1 aromatic rings. The maximum atomic E-state index is 12.8. The van der Waals surface area contributed by atoms with E-state index < -0.39 is 12.1 Å². The molecule has 0 saturated carbocycles. The minimum atomic E-state index is -0.927. The summed E-state index contributed by atoms with van der Waals surface area (Å²) in [6, 6.07) is 9.58. The summed E-state index contributed by atoms with van der Waals surface area (Å²) in [6.45, 7) is 5.59. The van der Waals surface area contributed by atoms with E-state index in [2.05, 4.69) is 0 Å². The highest BCUT2D eigenvalue weighted by Gasteiger charge is 2.33. The van der Waals surface area contributed by atoms with E-state index in [1.807, 2.05) is 63.2 Å². The van der Waals surface area contributed by atoms with Gasteiger partial charge >= 0.3 is 5.97 Å². The Bertz CT molecular complexity index is 767. The second-order valence-electron chi connectivity index (χ2n) is 7.58. The summed E-state index contributed by atoms with van der Waals surface area (Å²) in [5.74, 6) is -0.988. The number of amides is 1. The second kappa shape index (κ2) is 9.41. The highest BCUT2D eigenvalue weighted by molar-refractivity contribution is 5.99. The van der Waals surface area contributed by atoms with Crippen LogP contribution in [0, 0.1) is 11.3 Å². The highest BCUT2D eigenvalue weighted by atomic mass is 16.5. The average Bonchev–Trinajstić information content (AvgIpc) is 2.65. The fraction of sp³-hybridized carbons (Fsp3) is 0.500. The Labute approximate surface area is 167 Å². The summed E-state index contributed by atoms with van der Waals surface area (Å²) in [4.78, 5) is 29.0. The van der Waals surface area contributed by atoms with E-state index in [1.54, 1.807) is 11.8 Å². The second-order valence-corrected chi connectivity index (χ2v) is 7.58. The standard InChI is InChI=1S/C22H29N3O3/c1-15-7-6-8-16(2)25(15)21(26)17(3)28-22(27)19(14-23)13-18-9-11-20(12-10-18)24(4)5/h9-13,15-17H,6-8H2,1-5H3/b19-13+/t15-,16-,17-/m1/s1. The average molecular weight is 383 g/mol. The number of esters is 1. The lowest BCUT2D eigenvalue weighted by molar-refractivity contribution is -0.159. The van der Waals surface area contributed by atoms with Crippen molar-refractivity contribution in [1.29, 1.82) is 5.26 Å². The van der Waals surface area contributed by atoms with E-state index in [0.717, 1.165) is 30.5 Å². The molecule has 0 spiro atoms. The molecule has 0 aromatic heterocycles. The molecule has 3 atom stereocenters. The lowest BCUT2D eigenvalue weighted by Gasteiger charge is -2.40. The third-order valence-corrected chi connectivity index (χ3v) is 5.14. The fourth-order valence-electron chi connectivity index (χ4n) is 3.51. The fourth-order valence-corrected chi connectivity index (χ4v) is 3.51. The van der Waals surface area contributed by atoms with Crippen LogP contribution in [-0.2, 0) is 14.3 Å². The van der Waals surface area contributed by atoms with Gasteiger partial charge in [0.15, 0.2) is 6.10 Å². The summed E-state index contributed by atoms with van der Waals surface area (Å²) in [5.41, 5.74) is 1.61. The molecule has 0 bridgehead atoms. The number of likely N-dealkylation sites (tertiary alicyclic amines) is 1. The number of hydrogen-bond acceptors (Lipinski definition) is 5. The number of anilines is 1. The van der Waals surface area contributed by atoms with Gasteiger partial charge in [-0.2, -0.15) is 5.26 Å². The van der Waals surface area contributed by atoms with E-state index in [-0.39, 0.29) is 23.6 Å². The van der Waals surface area contributed by atoms with Gasteiger partial charge in [-0.3, -0.25) is 4.79 Å². The van der Waals surface area contributed by atoms with Crippen LogP contribution in [0.3, 0.4) is 0 Å². The molecule has 28 heavy (non-hydrogen) atoms. The molecule has 1 fully saturated rings. The maximum Gasteiger partial charge on any atom is 0.349 e. The van der Waals surface area contributed by atoms with Gasteiger partial charge in [0.2, 0.25) is 0 Å². The zero-order valence-electron chi connectivity index (χ0n) is 17.3. The highest BCUT2D eigenvalue weighted by Crippen LogP contribution is 2.24. The Balaban J connectivity index is 2.08. The monoisotopic (exact) mass is 383 g/mol. The Hall–Kier alpha value is -2.81. The first-order chi connectivity index (χ1) is 13.2. The molecule has 0 unspecified atom stereocenters. The molecule has 1 aromatic carbocycles. The molecule has 0 radical (unpaired) electrons. The van der Waals surface area contributed by atoms with Crippen LogP contribution in [-0.4, -0.2) is 49.1 Å². The summed E-state index contributed by atoms with van der Waals surface area (Å²) in [5, 5.41) is 9.36. The first kappa shape index (κ1) is 21.5. The summed E-state index contributed by atoms with van der Waals surface area (Å²) in [6.07, 6.45) is 3.54. The number of benzene rings is 1. The number of nitriles is 1. The number of piperidine rings is 1. The van der Waals surface area contributed by atoms with Crippen molar-refractivity contribution in [2.75, 3.05) is 19.0 Å². The topological polar surface area (TPSA) is 73.6 Å². The Morgan fingerprint density at radius 1 is 1.21 bits per heavy atom. The molecule has 2 rings (SSSR count). The molecule has 0 aliphatic carbocycles. The molecule has 1 aliphatic heterocycles. The molecule has 150 valence electrons. The molecule has 1 saturated heterocycles. The number of nitrogens with zero attached hydrogens (tertiary/aromatic N) is 3. The molecular formula is C22H29N3O3. The summed E-state index contributed by atoms with van der Waals surface area (Å²) >= 11 is 0. The van der Waals surface area contributed by atoms with Crippen LogP contribution < -0.4 is 4.90 Å². The van der Waals surface area contributed by atoms with Crippen LogP contribution in [0.25, 0.3) is 6.08 Å². The maximum absolute atomic E-state index is 12.8. The van der Waals surface area contributed by atoms with E-state index in [9.17, 15) is 14.9 Å². The minimum Gasteiger partial charge on any atom is -0.448 e. The van der Waals surface area contributed by atoms with Crippen LogP contribution >= 0.6 is 0 Å². The first-order valence-electron chi connectivity index (χ1n) is 9.67. The van der Waals surface area contributed by atoms with Crippen molar-refractivity contribution in [3.05, 3.63) is 35.4 Å². The zero-order chi connectivity index (χ0) is 20.8. The SMILES string of the molecule is C[C@@H]1CCC[C@@H](C)N1C(=O)[C@@H](C)OC(=O)/C(C#N)=C/c1ccc(N(C)C)cc1. The van der Waals surface area contributed by atoms with Crippen molar-refractivity contribution in [2.45, 2.75) is 58.2 Å². The molecule has 6 nitrogen and oxygen atoms in total. The number of hydrogen-bond donors (Lipinski definition) is 0. The van der Waals surface area contributed by atoms with Gasteiger partial charge in [-0.1, -0.05) is 12.1 Å². The number of rotatable bonds is 5. The van der Waals surface area contributed by atoms with Crippen LogP contribution in [0.15, 0.2) is 29.8 Å². The molecule has 1 aliphatic rings. The van der Waals surface area contributed by atoms with Crippen molar-refractivity contribution >= 4 is 23.6 Å². The Kier molecular flexibility index (Phi) is 7.22. The van der Waals surface area contributed by atoms with E-state index in [1.165, 1.54) is 6.08 Å². The third-order valence-electron chi connectivity index (χ3n) is 5.14. The van der Waals surface area contributed by atoms with Gasteiger partial charge < -0.3 is 14.5 Å². The normalized spacial score (nSPS) is 20.9. The van der Waals surface area contributed by atoms with Gasteiger partial charge in [0.05, 0.1) is 0 Å². The number of carbonyl (C=O) groups excluding carboxylic acids is 2. The molecule has 1 amide bonds. The van der Waals surface area contributed by atoms with Crippen molar-refractivity contribution < 1.29 is 14.3 Å². The number of ether oxygens (including phenoxy) is 1. The smallest absolute Gasteiger partial charge is 0.349 e. The summed E-state index contributed by atoms with van der Waals surface area (Å²) in [7, 11) is 3.87.